The summed E-state index contributed by atoms with van der Waals surface area (Å²) in [5, 5.41) is 11.5. The highest BCUT2D eigenvalue weighted by Crippen LogP contribution is 2.62. The predicted octanol–water partition coefficient (Wildman–Crippen LogP) is 3.13. The standard InChI is InChI=1S/C29H35NO8/c1-7-11-30(12-8-2)14-17-23-26(34)25(33)22-18-9-10-20(32)28(18,4)13-19(37-16(3)31)24(22)29(23,5)21(15-36-6)38-27(17)35/h7-8,14,18-19,21,34H,1-2,9-13,15H2,3-6H3/b17-14-/t18-,19+,21+,28-,29-/m0/s1. The normalized spacial score (nSPS) is 33.4. The molecule has 38 heavy (non-hydrogen) atoms. The van der Waals surface area contributed by atoms with Gasteiger partial charge in [-0.25, -0.2) is 4.79 Å². The highest BCUT2D eigenvalue weighted by molar-refractivity contribution is 6.14. The van der Waals surface area contributed by atoms with Crippen molar-refractivity contribution < 1.29 is 38.5 Å². The second-order valence-electron chi connectivity index (χ2n) is 10.7. The number of ether oxygens (including phenoxy) is 3. The third-order valence-electron chi connectivity index (χ3n) is 8.46. The summed E-state index contributed by atoms with van der Waals surface area (Å²) in [5.41, 5.74) is -1.35. The zero-order valence-electron chi connectivity index (χ0n) is 22.4. The lowest BCUT2D eigenvalue weighted by Crippen LogP contribution is -2.57. The number of aliphatic hydroxyl groups is 1. The maximum absolute atomic E-state index is 14.0. The molecule has 4 rings (SSSR count). The molecule has 9 heteroatoms. The molecular formula is C29H35NO8. The first-order chi connectivity index (χ1) is 17.9. The minimum absolute atomic E-state index is 0.00740. The number of hydrogen-bond donors (Lipinski definition) is 1. The summed E-state index contributed by atoms with van der Waals surface area (Å²) in [6.07, 6.45) is 3.89. The number of aliphatic hydroxyl groups excluding tert-OH is 1. The number of hydrogen-bond acceptors (Lipinski definition) is 9. The van der Waals surface area contributed by atoms with Crippen molar-refractivity contribution in [2.24, 2.45) is 16.7 Å². The minimum atomic E-state index is -1.27. The SMILES string of the molecule is C=CCN(/C=C1\C(=O)O[C@H](COC)[C@@]2(C)C1=C(O)C(=O)C1=C2[C@H](OC(C)=O)C[C@]2(C)C(=O)CC[C@@H]12)CC=C. The highest BCUT2D eigenvalue weighted by atomic mass is 16.6. The van der Waals surface area contributed by atoms with Gasteiger partial charge in [0.1, 0.15) is 18.0 Å². The molecule has 0 aromatic rings. The van der Waals surface area contributed by atoms with Crippen LogP contribution in [0, 0.1) is 16.7 Å². The van der Waals surface area contributed by atoms with Crippen LogP contribution in [0.3, 0.4) is 0 Å². The Morgan fingerprint density at radius 1 is 1.21 bits per heavy atom. The van der Waals surface area contributed by atoms with E-state index in [-0.39, 0.29) is 42.0 Å². The Balaban J connectivity index is 2.02. The van der Waals surface area contributed by atoms with Gasteiger partial charge in [-0.3, -0.25) is 14.4 Å². The maximum Gasteiger partial charge on any atom is 0.340 e. The average Bonchev–Trinajstić information content (AvgIpc) is 3.13. The molecule has 0 spiro atoms. The van der Waals surface area contributed by atoms with Crippen molar-refractivity contribution in [2.75, 3.05) is 26.8 Å². The lowest BCUT2D eigenvalue weighted by molar-refractivity contribution is -0.160. The van der Waals surface area contributed by atoms with Crippen molar-refractivity contribution in [1.29, 1.82) is 0 Å². The zero-order valence-corrected chi connectivity index (χ0v) is 22.4. The van der Waals surface area contributed by atoms with Gasteiger partial charge in [0.05, 0.1) is 17.6 Å². The zero-order chi connectivity index (χ0) is 28.0. The fourth-order valence-corrected chi connectivity index (χ4v) is 6.78. The molecule has 1 aliphatic heterocycles. The van der Waals surface area contributed by atoms with Crippen LogP contribution in [0.4, 0.5) is 0 Å². The lowest BCUT2D eigenvalue weighted by Gasteiger charge is -2.53. The first-order valence-corrected chi connectivity index (χ1v) is 12.8. The second kappa shape index (κ2) is 10.0. The van der Waals surface area contributed by atoms with E-state index < -0.39 is 52.4 Å². The summed E-state index contributed by atoms with van der Waals surface area (Å²) >= 11 is 0. The first kappa shape index (κ1) is 27.6. The molecule has 5 atom stereocenters. The summed E-state index contributed by atoms with van der Waals surface area (Å²) in [4.78, 5) is 54.3. The molecule has 1 saturated carbocycles. The Morgan fingerprint density at radius 2 is 1.87 bits per heavy atom. The van der Waals surface area contributed by atoms with Gasteiger partial charge in [-0.2, -0.15) is 0 Å². The number of esters is 2. The van der Waals surface area contributed by atoms with E-state index in [4.69, 9.17) is 14.2 Å². The number of methoxy groups -OCH3 is 1. The Morgan fingerprint density at radius 3 is 2.45 bits per heavy atom. The van der Waals surface area contributed by atoms with Crippen molar-refractivity contribution in [2.45, 2.75) is 52.2 Å². The number of fused-ring (bicyclic) bond motifs is 4. The fraction of sp³-hybridized carbons (Fsp3) is 0.517. The van der Waals surface area contributed by atoms with Gasteiger partial charge in [-0.1, -0.05) is 19.1 Å². The van der Waals surface area contributed by atoms with Gasteiger partial charge in [0, 0.05) is 68.6 Å². The number of cyclic esters (lactones) is 1. The molecule has 0 bridgehead atoms. The molecule has 0 unspecified atom stereocenters. The van der Waals surface area contributed by atoms with Gasteiger partial charge >= 0.3 is 11.9 Å². The molecule has 1 N–H and O–H groups in total. The number of carbonyl (C=O) groups excluding carboxylic acids is 4. The monoisotopic (exact) mass is 525 g/mol. The number of allylic oxidation sites excluding steroid dienone is 1. The number of carbonyl (C=O) groups is 4. The smallest absolute Gasteiger partial charge is 0.340 e. The Bertz CT molecular complexity index is 1200. The third-order valence-corrected chi connectivity index (χ3v) is 8.46. The van der Waals surface area contributed by atoms with Gasteiger partial charge in [0.2, 0.25) is 5.78 Å². The van der Waals surface area contributed by atoms with E-state index in [1.165, 1.54) is 20.2 Å². The number of rotatable bonds is 8. The van der Waals surface area contributed by atoms with E-state index >= 15 is 0 Å². The molecule has 9 nitrogen and oxygen atoms in total. The molecule has 0 aromatic heterocycles. The van der Waals surface area contributed by atoms with Crippen LogP contribution >= 0.6 is 0 Å². The molecule has 4 aliphatic rings. The van der Waals surface area contributed by atoms with Gasteiger partial charge in [0.25, 0.3) is 0 Å². The summed E-state index contributed by atoms with van der Waals surface area (Å²) in [7, 11) is 1.46. The molecule has 1 heterocycles. The Labute approximate surface area is 222 Å². The van der Waals surface area contributed by atoms with Crippen molar-refractivity contribution in [1.82, 2.24) is 4.90 Å². The summed E-state index contributed by atoms with van der Waals surface area (Å²) in [6, 6.07) is 0. The largest absolute Gasteiger partial charge is 0.504 e. The fourth-order valence-electron chi connectivity index (χ4n) is 6.78. The number of Topliss-reactive ketones (excluding diaryl/α,β-unsaturated/α-hetero) is 2. The molecule has 0 aromatic carbocycles. The maximum atomic E-state index is 14.0. The van der Waals surface area contributed by atoms with E-state index in [1.807, 2.05) is 0 Å². The third kappa shape index (κ3) is 4.04. The van der Waals surface area contributed by atoms with E-state index in [1.54, 1.807) is 30.9 Å². The van der Waals surface area contributed by atoms with E-state index in [2.05, 4.69) is 13.2 Å². The van der Waals surface area contributed by atoms with Crippen LogP contribution < -0.4 is 0 Å². The van der Waals surface area contributed by atoms with Gasteiger partial charge in [-0.15, -0.1) is 13.2 Å². The van der Waals surface area contributed by atoms with E-state index in [9.17, 15) is 24.3 Å². The molecule has 2 fully saturated rings. The molecule has 3 aliphatic carbocycles. The van der Waals surface area contributed by atoms with Crippen LogP contribution in [-0.2, 0) is 33.4 Å². The molecule has 204 valence electrons. The number of nitrogens with zero attached hydrogens (tertiary/aromatic N) is 1. The Kier molecular flexibility index (Phi) is 7.27. The molecule has 0 radical (unpaired) electrons. The predicted molar refractivity (Wildman–Crippen MR) is 138 cm³/mol. The molecule has 0 amide bonds. The van der Waals surface area contributed by atoms with Crippen LogP contribution in [0.2, 0.25) is 0 Å². The van der Waals surface area contributed by atoms with Crippen LogP contribution in [0.25, 0.3) is 0 Å². The lowest BCUT2D eigenvalue weighted by atomic mass is 9.53. The van der Waals surface area contributed by atoms with E-state index in [0.717, 1.165) is 0 Å². The van der Waals surface area contributed by atoms with Crippen LogP contribution in [0.15, 0.2) is 59.6 Å². The van der Waals surface area contributed by atoms with E-state index in [0.29, 0.717) is 25.1 Å². The van der Waals surface area contributed by atoms with Crippen molar-refractivity contribution >= 4 is 23.5 Å². The molecular weight excluding hydrogens is 490 g/mol. The first-order valence-electron chi connectivity index (χ1n) is 12.8. The summed E-state index contributed by atoms with van der Waals surface area (Å²) in [6.45, 7) is 13.0. The Hall–Kier alpha value is -3.46. The van der Waals surface area contributed by atoms with Crippen molar-refractivity contribution in [3.63, 3.8) is 0 Å². The quantitative estimate of drug-likeness (QED) is 0.290. The van der Waals surface area contributed by atoms with Crippen LogP contribution in [0.5, 0.6) is 0 Å². The van der Waals surface area contributed by atoms with Gasteiger partial charge in [-0.05, 0) is 18.9 Å². The van der Waals surface area contributed by atoms with Gasteiger partial charge in [0.15, 0.2) is 5.76 Å². The molecule has 1 saturated heterocycles. The van der Waals surface area contributed by atoms with Crippen LogP contribution in [0.1, 0.15) is 40.0 Å². The number of ketones is 2. The highest BCUT2D eigenvalue weighted by Gasteiger charge is 2.64. The van der Waals surface area contributed by atoms with Gasteiger partial charge < -0.3 is 24.2 Å². The average molecular weight is 526 g/mol. The van der Waals surface area contributed by atoms with Crippen molar-refractivity contribution in [3.05, 3.63) is 59.6 Å². The minimum Gasteiger partial charge on any atom is -0.504 e. The summed E-state index contributed by atoms with van der Waals surface area (Å²) in [5.74, 6) is -2.99. The van der Waals surface area contributed by atoms with Crippen LogP contribution in [-0.4, -0.2) is 72.5 Å². The van der Waals surface area contributed by atoms with Crippen molar-refractivity contribution in [3.8, 4) is 0 Å². The summed E-state index contributed by atoms with van der Waals surface area (Å²) < 4.78 is 17.1. The second-order valence-corrected chi connectivity index (χ2v) is 10.7. The topological polar surface area (TPSA) is 119 Å².